The van der Waals surface area contributed by atoms with Crippen LogP contribution in [0.15, 0.2) is 22.7 Å². The Hall–Kier alpha value is -0.450. The standard InChI is InChI=1S/C13H13BrCl2O3/c1-12(7-13(12,15)16)11(17)19-6-8-3-4-10(18-2)9(14)5-8/h3-5H,6-7H2,1-2H3. The van der Waals surface area contributed by atoms with Crippen molar-refractivity contribution in [1.82, 2.24) is 0 Å². The Morgan fingerprint density at radius 2 is 2.11 bits per heavy atom. The highest BCUT2D eigenvalue weighted by molar-refractivity contribution is 9.10. The van der Waals surface area contributed by atoms with E-state index in [9.17, 15) is 4.79 Å². The zero-order chi connectivity index (χ0) is 14.3. The minimum absolute atomic E-state index is 0.181. The molecule has 0 saturated heterocycles. The minimum atomic E-state index is -0.995. The van der Waals surface area contributed by atoms with E-state index in [4.69, 9.17) is 32.7 Å². The van der Waals surface area contributed by atoms with Crippen molar-refractivity contribution in [2.24, 2.45) is 5.41 Å². The average molecular weight is 368 g/mol. The van der Waals surface area contributed by atoms with Crippen LogP contribution in [0.4, 0.5) is 0 Å². The van der Waals surface area contributed by atoms with Crippen molar-refractivity contribution in [2.45, 2.75) is 24.3 Å². The molecule has 1 aliphatic carbocycles. The molecule has 6 heteroatoms. The molecule has 19 heavy (non-hydrogen) atoms. The molecule has 0 heterocycles. The summed E-state index contributed by atoms with van der Waals surface area (Å²) < 4.78 is 10.2. The van der Waals surface area contributed by atoms with Crippen LogP contribution in [0.1, 0.15) is 18.9 Å². The molecule has 1 atom stereocenters. The van der Waals surface area contributed by atoms with E-state index < -0.39 is 9.75 Å². The van der Waals surface area contributed by atoms with Crippen molar-refractivity contribution in [1.29, 1.82) is 0 Å². The van der Waals surface area contributed by atoms with Gasteiger partial charge in [0.2, 0.25) is 0 Å². The predicted octanol–water partition coefficient (Wildman–Crippen LogP) is 4.08. The van der Waals surface area contributed by atoms with Gasteiger partial charge in [0.1, 0.15) is 22.1 Å². The number of hydrogen-bond donors (Lipinski definition) is 0. The maximum atomic E-state index is 11.9. The molecular formula is C13H13BrCl2O3. The van der Waals surface area contributed by atoms with Crippen LogP contribution < -0.4 is 4.74 Å². The van der Waals surface area contributed by atoms with E-state index in [2.05, 4.69) is 15.9 Å². The third-order valence-corrected chi connectivity index (χ3v) is 5.02. The molecular weight excluding hydrogens is 355 g/mol. The molecule has 0 N–H and O–H groups in total. The van der Waals surface area contributed by atoms with Gasteiger partial charge in [-0.2, -0.15) is 0 Å². The van der Waals surface area contributed by atoms with Crippen LogP contribution in [0.5, 0.6) is 5.75 Å². The molecule has 104 valence electrons. The van der Waals surface area contributed by atoms with Crippen LogP contribution >= 0.6 is 39.1 Å². The molecule has 0 bridgehead atoms. The molecule has 1 aromatic carbocycles. The molecule has 0 aromatic heterocycles. The normalized spacial score (nSPS) is 23.8. The van der Waals surface area contributed by atoms with E-state index in [1.165, 1.54) is 0 Å². The van der Waals surface area contributed by atoms with E-state index in [1.807, 2.05) is 12.1 Å². The maximum Gasteiger partial charge on any atom is 0.315 e. The molecule has 0 radical (unpaired) electrons. The Balaban J connectivity index is 1.97. The van der Waals surface area contributed by atoms with E-state index in [0.717, 1.165) is 15.8 Å². The number of rotatable bonds is 4. The Morgan fingerprint density at radius 3 is 2.58 bits per heavy atom. The molecule has 1 aliphatic rings. The van der Waals surface area contributed by atoms with Gasteiger partial charge in [-0.25, -0.2) is 0 Å². The second-order valence-electron chi connectivity index (χ2n) is 4.76. The lowest BCUT2D eigenvalue weighted by Gasteiger charge is -2.12. The molecule has 1 saturated carbocycles. The van der Waals surface area contributed by atoms with Gasteiger partial charge < -0.3 is 9.47 Å². The van der Waals surface area contributed by atoms with Crippen molar-refractivity contribution in [2.75, 3.05) is 7.11 Å². The number of methoxy groups -OCH3 is 1. The van der Waals surface area contributed by atoms with Crippen LogP contribution in [0.2, 0.25) is 0 Å². The molecule has 2 rings (SSSR count). The Labute approximate surface area is 130 Å². The first kappa shape index (κ1) is 14.9. The highest BCUT2D eigenvalue weighted by Gasteiger charge is 2.69. The largest absolute Gasteiger partial charge is 0.496 e. The van der Waals surface area contributed by atoms with Crippen LogP contribution in [0, 0.1) is 5.41 Å². The topological polar surface area (TPSA) is 35.5 Å². The summed E-state index contributed by atoms with van der Waals surface area (Å²) in [7, 11) is 1.59. The number of benzene rings is 1. The number of alkyl halides is 2. The van der Waals surface area contributed by atoms with Gasteiger partial charge in [-0.15, -0.1) is 23.2 Å². The van der Waals surface area contributed by atoms with Gasteiger partial charge in [0.25, 0.3) is 0 Å². The van der Waals surface area contributed by atoms with Crippen LogP contribution in [-0.4, -0.2) is 17.4 Å². The fourth-order valence-corrected chi connectivity index (χ4v) is 3.01. The van der Waals surface area contributed by atoms with Gasteiger partial charge in [-0.05, 0) is 40.5 Å². The number of hydrogen-bond acceptors (Lipinski definition) is 3. The number of carbonyl (C=O) groups excluding carboxylic acids is 1. The minimum Gasteiger partial charge on any atom is -0.496 e. The van der Waals surface area contributed by atoms with Crippen molar-refractivity contribution in [3.63, 3.8) is 0 Å². The lowest BCUT2D eigenvalue weighted by Crippen LogP contribution is -2.21. The zero-order valence-corrected chi connectivity index (χ0v) is 13.6. The lowest BCUT2D eigenvalue weighted by atomic mass is 10.1. The maximum absolute atomic E-state index is 11.9. The summed E-state index contributed by atoms with van der Waals surface area (Å²) in [6, 6.07) is 5.48. The van der Waals surface area contributed by atoms with Crippen molar-refractivity contribution in [3.05, 3.63) is 28.2 Å². The number of halogens is 3. The van der Waals surface area contributed by atoms with Gasteiger partial charge in [-0.1, -0.05) is 6.07 Å². The van der Waals surface area contributed by atoms with Crippen LogP contribution in [0.3, 0.4) is 0 Å². The lowest BCUT2D eigenvalue weighted by molar-refractivity contribution is -0.150. The number of carbonyl (C=O) groups is 1. The van der Waals surface area contributed by atoms with E-state index >= 15 is 0 Å². The first-order valence-corrected chi connectivity index (χ1v) is 7.22. The first-order valence-electron chi connectivity index (χ1n) is 5.67. The Kier molecular flexibility index (Phi) is 4.05. The van der Waals surface area contributed by atoms with Gasteiger partial charge >= 0.3 is 5.97 Å². The molecule has 3 nitrogen and oxygen atoms in total. The fraction of sp³-hybridized carbons (Fsp3) is 0.462. The van der Waals surface area contributed by atoms with Crippen molar-refractivity contribution < 1.29 is 14.3 Å². The zero-order valence-electron chi connectivity index (χ0n) is 10.5. The summed E-state index contributed by atoms with van der Waals surface area (Å²) in [5, 5.41) is 0. The summed E-state index contributed by atoms with van der Waals surface area (Å²) in [5.41, 5.74) is 0.0693. The smallest absolute Gasteiger partial charge is 0.315 e. The molecule has 0 aliphatic heterocycles. The average Bonchev–Trinajstić information content (AvgIpc) is 2.87. The van der Waals surface area contributed by atoms with Gasteiger partial charge in [0.05, 0.1) is 11.6 Å². The summed E-state index contributed by atoms with van der Waals surface area (Å²) >= 11 is 15.2. The third kappa shape index (κ3) is 2.86. The third-order valence-electron chi connectivity index (χ3n) is 3.29. The summed E-state index contributed by atoms with van der Waals surface area (Å²) in [5.74, 6) is 0.356. The number of esters is 1. The summed E-state index contributed by atoms with van der Waals surface area (Å²) in [6.45, 7) is 1.89. The molecule has 1 aromatic rings. The van der Waals surface area contributed by atoms with Crippen LogP contribution in [0.25, 0.3) is 0 Å². The summed E-state index contributed by atoms with van der Waals surface area (Å²) in [4.78, 5) is 11.9. The SMILES string of the molecule is COc1ccc(COC(=O)C2(C)CC2(Cl)Cl)cc1Br. The van der Waals surface area contributed by atoms with Gasteiger partial charge in [-0.3, -0.25) is 4.79 Å². The van der Waals surface area contributed by atoms with E-state index in [1.54, 1.807) is 20.1 Å². The summed E-state index contributed by atoms with van der Waals surface area (Å²) in [6.07, 6.45) is 0.425. The van der Waals surface area contributed by atoms with Crippen molar-refractivity contribution >= 4 is 45.1 Å². The van der Waals surface area contributed by atoms with E-state index in [0.29, 0.717) is 6.42 Å². The second kappa shape index (κ2) is 5.15. The van der Waals surface area contributed by atoms with Gasteiger partial charge in [0.15, 0.2) is 0 Å². The first-order chi connectivity index (χ1) is 8.80. The molecule has 0 spiro atoms. The monoisotopic (exact) mass is 366 g/mol. The highest BCUT2D eigenvalue weighted by Crippen LogP contribution is 2.64. The molecule has 1 fully saturated rings. The van der Waals surface area contributed by atoms with Gasteiger partial charge in [0, 0.05) is 6.42 Å². The Bertz CT molecular complexity index is 519. The number of ether oxygens (including phenoxy) is 2. The fourth-order valence-electron chi connectivity index (χ4n) is 1.73. The van der Waals surface area contributed by atoms with Crippen molar-refractivity contribution in [3.8, 4) is 5.75 Å². The molecule has 1 unspecified atom stereocenters. The highest BCUT2D eigenvalue weighted by atomic mass is 79.9. The predicted molar refractivity (Wildman–Crippen MR) is 77.7 cm³/mol. The van der Waals surface area contributed by atoms with Crippen LogP contribution in [-0.2, 0) is 16.1 Å². The second-order valence-corrected chi connectivity index (χ2v) is 7.10. The van der Waals surface area contributed by atoms with E-state index in [-0.39, 0.29) is 12.6 Å². The quantitative estimate of drug-likeness (QED) is 0.594. The Morgan fingerprint density at radius 1 is 1.47 bits per heavy atom. The molecule has 0 amide bonds.